The highest BCUT2D eigenvalue weighted by Gasteiger charge is 2.30. The Labute approximate surface area is 112 Å². The summed E-state index contributed by atoms with van der Waals surface area (Å²) in [4.78, 5) is 24.7. The Kier molecular flexibility index (Phi) is 3.85. The summed E-state index contributed by atoms with van der Waals surface area (Å²) in [5.74, 6) is -0.462. The molecule has 1 saturated heterocycles. The average molecular weight is 262 g/mol. The third-order valence-corrected chi connectivity index (χ3v) is 3.36. The Balaban J connectivity index is 2.04. The van der Waals surface area contributed by atoms with Gasteiger partial charge in [0.1, 0.15) is 12.8 Å². The molecule has 102 valence electrons. The predicted molar refractivity (Wildman–Crippen MR) is 71.5 cm³/mol. The zero-order valence-electron chi connectivity index (χ0n) is 11.1. The first kappa shape index (κ1) is 13.5. The Morgan fingerprint density at radius 2 is 2.05 bits per heavy atom. The Morgan fingerprint density at radius 1 is 1.42 bits per heavy atom. The molecule has 0 bridgehead atoms. The summed E-state index contributed by atoms with van der Waals surface area (Å²) in [6, 6.07) is 5.75. The molecule has 0 saturated carbocycles. The third-order valence-electron chi connectivity index (χ3n) is 3.36. The number of aliphatic hydroxyl groups is 1. The zero-order valence-corrected chi connectivity index (χ0v) is 11.1. The van der Waals surface area contributed by atoms with Gasteiger partial charge in [0.2, 0.25) is 11.8 Å². The molecule has 1 fully saturated rings. The number of rotatable bonds is 3. The van der Waals surface area contributed by atoms with Gasteiger partial charge in [0.15, 0.2) is 0 Å². The van der Waals surface area contributed by atoms with Crippen molar-refractivity contribution in [3.8, 4) is 0 Å². The van der Waals surface area contributed by atoms with Gasteiger partial charge in [-0.25, -0.2) is 0 Å². The molecule has 1 aliphatic rings. The van der Waals surface area contributed by atoms with Crippen molar-refractivity contribution in [2.45, 2.75) is 32.9 Å². The molecule has 0 aromatic heterocycles. The van der Waals surface area contributed by atoms with E-state index in [9.17, 15) is 14.7 Å². The summed E-state index contributed by atoms with van der Waals surface area (Å²) in [6.45, 7) is 3.73. The van der Waals surface area contributed by atoms with E-state index in [-0.39, 0.29) is 18.4 Å². The first-order valence-electron chi connectivity index (χ1n) is 6.32. The highest BCUT2D eigenvalue weighted by Crippen LogP contribution is 2.20. The molecule has 1 heterocycles. The van der Waals surface area contributed by atoms with E-state index >= 15 is 0 Å². The lowest BCUT2D eigenvalue weighted by Crippen LogP contribution is -2.39. The quantitative estimate of drug-likeness (QED) is 0.859. The number of hydrogen-bond acceptors (Lipinski definition) is 3. The fourth-order valence-electron chi connectivity index (χ4n) is 2.26. The van der Waals surface area contributed by atoms with E-state index in [4.69, 9.17) is 0 Å². The van der Waals surface area contributed by atoms with Crippen LogP contribution in [0, 0.1) is 13.8 Å². The molecule has 1 aliphatic heterocycles. The van der Waals surface area contributed by atoms with Gasteiger partial charge in [0, 0.05) is 18.5 Å². The molecule has 19 heavy (non-hydrogen) atoms. The van der Waals surface area contributed by atoms with Gasteiger partial charge in [0.25, 0.3) is 0 Å². The van der Waals surface area contributed by atoms with Crippen LogP contribution in [-0.4, -0.2) is 34.6 Å². The van der Waals surface area contributed by atoms with Gasteiger partial charge in [-0.05, 0) is 25.0 Å². The largest absolute Gasteiger partial charge is 0.373 e. The molecule has 5 heteroatoms. The number of aryl methyl sites for hydroxylation is 2. The second kappa shape index (κ2) is 5.40. The highest BCUT2D eigenvalue weighted by atomic mass is 16.3. The third kappa shape index (κ3) is 2.93. The summed E-state index contributed by atoms with van der Waals surface area (Å²) in [5.41, 5.74) is 2.72. The SMILES string of the molecule is Cc1cccc(C)c1NC(=O)CN1C(=O)CCC1O. The van der Waals surface area contributed by atoms with Crippen LogP contribution in [0.4, 0.5) is 5.69 Å². The number of anilines is 1. The number of carbonyl (C=O) groups is 2. The number of nitrogens with zero attached hydrogens (tertiary/aromatic N) is 1. The number of benzene rings is 1. The molecule has 2 rings (SSSR count). The summed E-state index contributed by atoms with van der Waals surface area (Å²) >= 11 is 0. The molecule has 2 amide bonds. The van der Waals surface area contributed by atoms with Crippen molar-refractivity contribution in [3.63, 3.8) is 0 Å². The van der Waals surface area contributed by atoms with Crippen LogP contribution in [0.1, 0.15) is 24.0 Å². The highest BCUT2D eigenvalue weighted by molar-refractivity contribution is 5.96. The Morgan fingerprint density at radius 3 is 2.58 bits per heavy atom. The normalized spacial score (nSPS) is 18.8. The maximum Gasteiger partial charge on any atom is 0.244 e. The van der Waals surface area contributed by atoms with E-state index in [1.54, 1.807) is 0 Å². The molecule has 1 atom stereocenters. The van der Waals surface area contributed by atoms with Crippen LogP contribution in [0.25, 0.3) is 0 Å². The first-order chi connectivity index (χ1) is 8.99. The number of carbonyl (C=O) groups excluding carboxylic acids is 2. The molecule has 1 aromatic rings. The standard InChI is InChI=1S/C14H18N2O3/c1-9-4-3-5-10(2)14(9)15-11(17)8-16-12(18)6-7-13(16)19/h3-5,12,18H,6-8H2,1-2H3,(H,15,17). The smallest absolute Gasteiger partial charge is 0.244 e. The number of hydrogen-bond donors (Lipinski definition) is 2. The van der Waals surface area contributed by atoms with Crippen LogP contribution in [0.2, 0.25) is 0 Å². The van der Waals surface area contributed by atoms with Gasteiger partial charge in [-0.15, -0.1) is 0 Å². The van der Waals surface area contributed by atoms with Gasteiger partial charge in [-0.2, -0.15) is 0 Å². The van der Waals surface area contributed by atoms with Crippen LogP contribution in [0.3, 0.4) is 0 Å². The first-order valence-corrected chi connectivity index (χ1v) is 6.32. The van der Waals surface area contributed by atoms with Crippen LogP contribution in [0.5, 0.6) is 0 Å². The van der Waals surface area contributed by atoms with Crippen LogP contribution < -0.4 is 5.32 Å². The molecular weight excluding hydrogens is 244 g/mol. The second-order valence-corrected chi connectivity index (χ2v) is 4.86. The van der Waals surface area contributed by atoms with E-state index in [2.05, 4.69) is 5.32 Å². The molecule has 1 aromatic carbocycles. The van der Waals surface area contributed by atoms with Gasteiger partial charge >= 0.3 is 0 Å². The summed E-state index contributed by atoms with van der Waals surface area (Å²) in [7, 11) is 0. The lowest BCUT2D eigenvalue weighted by Gasteiger charge is -2.20. The maximum atomic E-state index is 11.9. The van der Waals surface area contributed by atoms with E-state index in [1.807, 2.05) is 32.0 Å². The van der Waals surface area contributed by atoms with Crippen molar-refractivity contribution in [2.24, 2.45) is 0 Å². The van der Waals surface area contributed by atoms with Crippen molar-refractivity contribution >= 4 is 17.5 Å². The number of amides is 2. The van der Waals surface area contributed by atoms with Crippen molar-refractivity contribution in [1.82, 2.24) is 4.90 Å². The molecular formula is C14H18N2O3. The molecule has 5 nitrogen and oxygen atoms in total. The lowest BCUT2D eigenvalue weighted by atomic mass is 10.1. The summed E-state index contributed by atoms with van der Waals surface area (Å²) in [6.07, 6.45) is -0.135. The maximum absolute atomic E-state index is 11.9. The fraction of sp³-hybridized carbons (Fsp3) is 0.429. The van der Waals surface area contributed by atoms with E-state index < -0.39 is 6.23 Å². The van der Waals surface area contributed by atoms with Crippen molar-refractivity contribution in [1.29, 1.82) is 0 Å². The fourth-order valence-corrected chi connectivity index (χ4v) is 2.26. The predicted octanol–water partition coefficient (Wildman–Crippen LogP) is 1.18. The molecule has 0 radical (unpaired) electrons. The molecule has 0 aliphatic carbocycles. The van der Waals surface area contributed by atoms with E-state index in [1.165, 1.54) is 4.90 Å². The van der Waals surface area contributed by atoms with E-state index in [0.29, 0.717) is 12.8 Å². The number of para-hydroxylation sites is 1. The Bertz CT molecular complexity index is 493. The van der Waals surface area contributed by atoms with Gasteiger partial charge < -0.3 is 15.3 Å². The zero-order chi connectivity index (χ0) is 14.0. The van der Waals surface area contributed by atoms with Crippen molar-refractivity contribution in [3.05, 3.63) is 29.3 Å². The Hall–Kier alpha value is -1.88. The number of aliphatic hydroxyl groups excluding tert-OH is 1. The van der Waals surface area contributed by atoms with Gasteiger partial charge in [-0.3, -0.25) is 9.59 Å². The minimum absolute atomic E-state index is 0.103. The average Bonchev–Trinajstić information content (AvgIpc) is 2.66. The van der Waals surface area contributed by atoms with Crippen LogP contribution in [-0.2, 0) is 9.59 Å². The van der Waals surface area contributed by atoms with E-state index in [0.717, 1.165) is 16.8 Å². The van der Waals surface area contributed by atoms with Crippen LogP contribution in [0.15, 0.2) is 18.2 Å². The minimum Gasteiger partial charge on any atom is -0.373 e. The summed E-state index contributed by atoms with van der Waals surface area (Å²) < 4.78 is 0. The number of nitrogens with one attached hydrogen (secondary N) is 1. The molecule has 0 spiro atoms. The monoisotopic (exact) mass is 262 g/mol. The van der Waals surface area contributed by atoms with Crippen LogP contribution >= 0.6 is 0 Å². The molecule has 2 N–H and O–H groups in total. The van der Waals surface area contributed by atoms with Crippen molar-refractivity contribution in [2.75, 3.05) is 11.9 Å². The van der Waals surface area contributed by atoms with Gasteiger partial charge in [0.05, 0.1) is 0 Å². The topological polar surface area (TPSA) is 69.6 Å². The second-order valence-electron chi connectivity index (χ2n) is 4.86. The lowest BCUT2D eigenvalue weighted by molar-refractivity contribution is -0.137. The summed E-state index contributed by atoms with van der Waals surface area (Å²) in [5, 5.41) is 12.4. The molecule has 1 unspecified atom stereocenters. The number of likely N-dealkylation sites (tertiary alicyclic amines) is 1. The van der Waals surface area contributed by atoms with Gasteiger partial charge in [-0.1, -0.05) is 18.2 Å². The minimum atomic E-state index is -0.837. The van der Waals surface area contributed by atoms with Crippen molar-refractivity contribution < 1.29 is 14.7 Å².